The van der Waals surface area contributed by atoms with Crippen LogP contribution in [0.1, 0.15) is 18.0 Å². The molecular formula is C14H22ClN3O2S. The Kier molecular flexibility index (Phi) is 5.62. The number of rotatable bonds is 5. The number of nitrogens with zero attached hydrogens (tertiary/aromatic N) is 2. The second-order valence-electron chi connectivity index (χ2n) is 5.45. The van der Waals surface area contributed by atoms with E-state index in [2.05, 4.69) is 4.90 Å². The van der Waals surface area contributed by atoms with Crippen molar-refractivity contribution < 1.29 is 8.42 Å². The van der Waals surface area contributed by atoms with E-state index in [1.54, 1.807) is 0 Å². The average molecular weight is 332 g/mol. The van der Waals surface area contributed by atoms with Gasteiger partial charge >= 0.3 is 0 Å². The fraction of sp³-hybridized carbons (Fsp3) is 0.571. The van der Waals surface area contributed by atoms with Gasteiger partial charge in [0.15, 0.2) is 0 Å². The van der Waals surface area contributed by atoms with Gasteiger partial charge in [-0.05, 0) is 24.1 Å². The van der Waals surface area contributed by atoms with Gasteiger partial charge in [0.1, 0.15) is 0 Å². The Balaban J connectivity index is 1.78. The first-order valence-electron chi connectivity index (χ1n) is 7.05. The first-order chi connectivity index (χ1) is 9.86. The Hall–Kier alpha value is -0.660. The summed E-state index contributed by atoms with van der Waals surface area (Å²) >= 11 is 5.86. The highest BCUT2D eigenvalue weighted by molar-refractivity contribution is 7.88. The summed E-state index contributed by atoms with van der Waals surface area (Å²) < 4.78 is 24.4. The van der Waals surface area contributed by atoms with Crippen LogP contribution in [0.25, 0.3) is 0 Å². The zero-order valence-electron chi connectivity index (χ0n) is 12.2. The highest BCUT2D eigenvalue weighted by Crippen LogP contribution is 2.18. The molecule has 2 rings (SSSR count). The summed E-state index contributed by atoms with van der Waals surface area (Å²) in [4.78, 5) is 2.26. The summed E-state index contributed by atoms with van der Waals surface area (Å²) in [6.45, 7) is 3.53. The molecule has 118 valence electrons. The fourth-order valence-corrected chi connectivity index (χ4v) is 3.44. The van der Waals surface area contributed by atoms with E-state index in [-0.39, 0.29) is 6.04 Å². The number of hydrogen-bond donors (Lipinski definition) is 1. The Morgan fingerprint density at radius 1 is 1.19 bits per heavy atom. The van der Waals surface area contributed by atoms with Crippen LogP contribution >= 0.6 is 11.6 Å². The van der Waals surface area contributed by atoms with E-state index >= 15 is 0 Å². The lowest BCUT2D eigenvalue weighted by Crippen LogP contribution is -2.48. The summed E-state index contributed by atoms with van der Waals surface area (Å²) in [5.74, 6) is 0. The van der Waals surface area contributed by atoms with Gasteiger partial charge in [0.05, 0.1) is 6.26 Å². The van der Waals surface area contributed by atoms with E-state index in [0.29, 0.717) is 18.1 Å². The molecule has 0 bridgehead atoms. The number of piperazine rings is 1. The second-order valence-corrected chi connectivity index (χ2v) is 7.87. The molecule has 0 saturated carbocycles. The lowest BCUT2D eigenvalue weighted by Gasteiger charge is -2.33. The molecule has 1 fully saturated rings. The van der Waals surface area contributed by atoms with Crippen LogP contribution in [0, 0.1) is 0 Å². The van der Waals surface area contributed by atoms with E-state index in [1.165, 1.54) is 10.6 Å². The maximum atomic E-state index is 11.4. The molecular weight excluding hydrogens is 310 g/mol. The molecule has 1 aromatic carbocycles. The maximum absolute atomic E-state index is 11.4. The summed E-state index contributed by atoms with van der Waals surface area (Å²) in [6, 6.07) is 7.59. The molecule has 1 aromatic rings. The molecule has 2 N–H and O–H groups in total. The molecule has 1 heterocycles. The first kappa shape index (κ1) is 16.7. The Bertz CT molecular complexity index is 554. The first-order valence-corrected chi connectivity index (χ1v) is 9.27. The number of benzene rings is 1. The minimum absolute atomic E-state index is 0.0183. The molecule has 0 spiro atoms. The number of sulfonamides is 1. The molecule has 0 radical (unpaired) electrons. The highest BCUT2D eigenvalue weighted by Gasteiger charge is 2.23. The summed E-state index contributed by atoms with van der Waals surface area (Å²) in [5.41, 5.74) is 7.26. The highest BCUT2D eigenvalue weighted by atomic mass is 35.5. The maximum Gasteiger partial charge on any atom is 0.211 e. The van der Waals surface area contributed by atoms with E-state index in [1.807, 2.05) is 24.3 Å². The van der Waals surface area contributed by atoms with Gasteiger partial charge in [-0.1, -0.05) is 23.7 Å². The van der Waals surface area contributed by atoms with Crippen LogP contribution in [0.4, 0.5) is 0 Å². The van der Waals surface area contributed by atoms with Crippen molar-refractivity contribution in [3.8, 4) is 0 Å². The van der Waals surface area contributed by atoms with E-state index in [0.717, 1.165) is 31.6 Å². The van der Waals surface area contributed by atoms with Gasteiger partial charge in [-0.15, -0.1) is 0 Å². The van der Waals surface area contributed by atoms with Crippen LogP contribution in [0.15, 0.2) is 24.3 Å². The van der Waals surface area contributed by atoms with Crippen LogP contribution in [0.3, 0.4) is 0 Å². The number of hydrogen-bond acceptors (Lipinski definition) is 4. The Morgan fingerprint density at radius 3 is 2.29 bits per heavy atom. The van der Waals surface area contributed by atoms with Gasteiger partial charge in [-0.3, -0.25) is 0 Å². The summed E-state index contributed by atoms with van der Waals surface area (Å²) in [5, 5.41) is 0.711. The normalized spacial score (nSPS) is 19.6. The number of halogens is 1. The predicted molar refractivity (Wildman–Crippen MR) is 85.9 cm³/mol. The van der Waals surface area contributed by atoms with Crippen molar-refractivity contribution in [2.75, 3.05) is 39.0 Å². The average Bonchev–Trinajstić information content (AvgIpc) is 2.45. The van der Waals surface area contributed by atoms with Crippen LogP contribution in [-0.2, 0) is 10.0 Å². The second kappa shape index (κ2) is 7.07. The van der Waals surface area contributed by atoms with Crippen LogP contribution in [-0.4, -0.2) is 56.6 Å². The van der Waals surface area contributed by atoms with Crippen molar-refractivity contribution in [1.29, 1.82) is 0 Å². The van der Waals surface area contributed by atoms with Crippen molar-refractivity contribution >= 4 is 21.6 Å². The van der Waals surface area contributed by atoms with Gasteiger partial charge in [0.25, 0.3) is 0 Å². The van der Waals surface area contributed by atoms with E-state index in [9.17, 15) is 8.42 Å². The van der Waals surface area contributed by atoms with Crippen LogP contribution < -0.4 is 5.73 Å². The fourth-order valence-electron chi connectivity index (χ4n) is 2.48. The monoisotopic (exact) mass is 331 g/mol. The lowest BCUT2D eigenvalue weighted by atomic mass is 10.0. The van der Waals surface area contributed by atoms with Gasteiger partial charge in [0, 0.05) is 43.8 Å². The standard InChI is InChI=1S/C14H22ClN3O2S/c1-21(19,20)18-10-8-17(9-11-18)7-6-14(16)12-2-4-13(15)5-3-12/h2-5,14H,6-11,16H2,1H3. The third kappa shape index (κ3) is 4.93. The molecule has 21 heavy (non-hydrogen) atoms. The smallest absolute Gasteiger partial charge is 0.211 e. The lowest BCUT2D eigenvalue weighted by molar-refractivity contribution is 0.184. The van der Waals surface area contributed by atoms with Crippen molar-refractivity contribution in [3.05, 3.63) is 34.9 Å². The molecule has 1 unspecified atom stereocenters. The van der Waals surface area contributed by atoms with Gasteiger partial charge < -0.3 is 10.6 Å². The van der Waals surface area contributed by atoms with Crippen molar-refractivity contribution in [2.45, 2.75) is 12.5 Å². The van der Waals surface area contributed by atoms with Gasteiger partial charge in [-0.2, -0.15) is 4.31 Å². The molecule has 1 atom stereocenters. The van der Waals surface area contributed by atoms with E-state index < -0.39 is 10.0 Å². The van der Waals surface area contributed by atoms with Crippen molar-refractivity contribution in [1.82, 2.24) is 9.21 Å². The summed E-state index contributed by atoms with van der Waals surface area (Å²) in [6.07, 6.45) is 2.11. The van der Waals surface area contributed by atoms with Gasteiger partial charge in [-0.25, -0.2) is 8.42 Å². The third-order valence-corrected chi connectivity index (χ3v) is 5.41. The Labute approximate surface area is 131 Å². The predicted octanol–water partition coefficient (Wildman–Crippen LogP) is 1.31. The zero-order valence-corrected chi connectivity index (χ0v) is 13.8. The molecule has 7 heteroatoms. The molecule has 0 amide bonds. The van der Waals surface area contributed by atoms with E-state index in [4.69, 9.17) is 17.3 Å². The molecule has 1 saturated heterocycles. The third-order valence-electron chi connectivity index (χ3n) is 3.85. The largest absolute Gasteiger partial charge is 0.324 e. The zero-order chi connectivity index (χ0) is 15.5. The molecule has 1 aliphatic heterocycles. The molecule has 5 nitrogen and oxygen atoms in total. The number of nitrogens with two attached hydrogens (primary N) is 1. The van der Waals surface area contributed by atoms with Crippen molar-refractivity contribution in [2.24, 2.45) is 5.73 Å². The molecule has 1 aliphatic rings. The Morgan fingerprint density at radius 2 is 1.76 bits per heavy atom. The SMILES string of the molecule is CS(=O)(=O)N1CCN(CCC(N)c2ccc(Cl)cc2)CC1. The van der Waals surface area contributed by atoms with Crippen LogP contribution in [0.2, 0.25) is 5.02 Å². The van der Waals surface area contributed by atoms with Crippen molar-refractivity contribution in [3.63, 3.8) is 0 Å². The minimum Gasteiger partial charge on any atom is -0.324 e. The molecule has 0 aliphatic carbocycles. The van der Waals surface area contributed by atoms with Gasteiger partial charge in [0.2, 0.25) is 10.0 Å². The van der Waals surface area contributed by atoms with Crippen LogP contribution in [0.5, 0.6) is 0 Å². The summed E-state index contributed by atoms with van der Waals surface area (Å²) in [7, 11) is -3.06. The quantitative estimate of drug-likeness (QED) is 0.883. The topological polar surface area (TPSA) is 66.6 Å². The minimum atomic E-state index is -3.06. The molecule has 0 aromatic heterocycles.